The zero-order chi connectivity index (χ0) is 20.5. The number of pyridine rings is 1. The first kappa shape index (κ1) is 20.4. The average molecular weight is 447 g/mol. The van der Waals surface area contributed by atoms with E-state index in [2.05, 4.69) is 9.71 Å². The number of halogens is 5. The molecule has 2 aromatic carbocycles. The molecule has 0 saturated carbocycles. The van der Waals surface area contributed by atoms with E-state index < -0.39 is 31.7 Å². The number of nitrogens with zero attached hydrogens (tertiary/aromatic N) is 1. The summed E-state index contributed by atoms with van der Waals surface area (Å²) in [5.74, 6) is 0. The number of aromatic nitrogens is 1. The largest absolute Gasteiger partial charge is 0.417 e. The fraction of sp³-hybridized carbons (Fsp3) is 0.0556. The van der Waals surface area contributed by atoms with Crippen LogP contribution >= 0.6 is 23.2 Å². The predicted molar refractivity (Wildman–Crippen MR) is 102 cm³/mol. The molecule has 0 aliphatic heterocycles. The van der Waals surface area contributed by atoms with Crippen LogP contribution in [0.1, 0.15) is 5.56 Å². The van der Waals surface area contributed by atoms with Gasteiger partial charge in [0.1, 0.15) is 0 Å². The first-order chi connectivity index (χ1) is 13.1. The van der Waals surface area contributed by atoms with Gasteiger partial charge >= 0.3 is 6.18 Å². The van der Waals surface area contributed by atoms with Gasteiger partial charge in [-0.1, -0.05) is 29.3 Å². The molecule has 0 aliphatic rings. The number of anilines is 1. The highest BCUT2D eigenvalue weighted by atomic mass is 35.5. The molecule has 0 unspecified atom stereocenters. The van der Waals surface area contributed by atoms with Gasteiger partial charge in [0.15, 0.2) is 0 Å². The van der Waals surface area contributed by atoms with E-state index in [1.807, 2.05) is 0 Å². The summed E-state index contributed by atoms with van der Waals surface area (Å²) in [7, 11) is -4.34. The molecule has 0 aliphatic carbocycles. The zero-order valence-corrected chi connectivity index (χ0v) is 16.2. The van der Waals surface area contributed by atoms with Crippen LogP contribution in [-0.2, 0) is 16.2 Å². The summed E-state index contributed by atoms with van der Waals surface area (Å²) in [5, 5.41) is -0.249. The lowest BCUT2D eigenvalue weighted by molar-refractivity contribution is -0.137. The third-order valence-electron chi connectivity index (χ3n) is 3.72. The molecule has 1 N–H and O–H groups in total. The van der Waals surface area contributed by atoms with Crippen molar-refractivity contribution in [3.63, 3.8) is 0 Å². The van der Waals surface area contributed by atoms with Gasteiger partial charge in [-0.25, -0.2) is 8.42 Å². The molecule has 10 heteroatoms. The second-order valence-electron chi connectivity index (χ2n) is 5.65. The van der Waals surface area contributed by atoms with E-state index in [1.165, 1.54) is 24.4 Å². The Hall–Kier alpha value is -2.29. The number of hydrogen-bond acceptors (Lipinski definition) is 3. The summed E-state index contributed by atoms with van der Waals surface area (Å²) < 4.78 is 66.8. The number of rotatable bonds is 4. The maximum absolute atomic E-state index is 13.1. The van der Waals surface area contributed by atoms with Crippen molar-refractivity contribution < 1.29 is 21.6 Å². The van der Waals surface area contributed by atoms with E-state index in [0.29, 0.717) is 22.3 Å². The lowest BCUT2D eigenvalue weighted by atomic mass is 10.1. The average Bonchev–Trinajstić information content (AvgIpc) is 2.63. The molecule has 3 rings (SSSR count). The quantitative estimate of drug-likeness (QED) is 0.544. The molecule has 1 aromatic heterocycles. The number of benzene rings is 2. The predicted octanol–water partition coefficient (Wildman–Crippen LogP) is 5.88. The van der Waals surface area contributed by atoms with E-state index in [4.69, 9.17) is 23.2 Å². The fourth-order valence-corrected chi connectivity index (χ4v) is 3.93. The van der Waals surface area contributed by atoms with Crippen LogP contribution in [0.15, 0.2) is 65.7 Å². The standard InChI is InChI=1S/C18H11Cl2F3N2O2S/c19-11-4-7-17(13(9-11)16-3-1-2-8-24-16)25-28(26,27)12-5-6-15(20)14(10-12)18(21,22)23/h1-10,25H. The number of hydrogen-bond donors (Lipinski definition) is 1. The minimum absolute atomic E-state index is 0.117. The Morgan fingerprint density at radius 1 is 0.964 bits per heavy atom. The smallest absolute Gasteiger partial charge is 0.279 e. The summed E-state index contributed by atoms with van der Waals surface area (Å²) in [6, 6.07) is 11.8. The Labute approximate surface area is 169 Å². The Morgan fingerprint density at radius 2 is 1.71 bits per heavy atom. The molecule has 1 heterocycles. The van der Waals surface area contributed by atoms with Gasteiger partial charge in [0, 0.05) is 16.8 Å². The molecule has 0 amide bonds. The minimum Gasteiger partial charge on any atom is -0.279 e. The lowest BCUT2D eigenvalue weighted by Gasteiger charge is -2.15. The third kappa shape index (κ3) is 4.40. The third-order valence-corrected chi connectivity index (χ3v) is 5.65. The molecule has 0 radical (unpaired) electrons. The number of nitrogens with one attached hydrogen (secondary N) is 1. The van der Waals surface area contributed by atoms with Gasteiger partial charge in [0.25, 0.3) is 10.0 Å². The van der Waals surface area contributed by atoms with Gasteiger partial charge < -0.3 is 0 Å². The van der Waals surface area contributed by atoms with Crippen molar-refractivity contribution in [1.29, 1.82) is 0 Å². The van der Waals surface area contributed by atoms with E-state index in [1.54, 1.807) is 18.2 Å². The summed E-state index contributed by atoms with van der Waals surface area (Å²) >= 11 is 11.6. The minimum atomic E-state index is -4.79. The van der Waals surface area contributed by atoms with Gasteiger partial charge in [-0.3, -0.25) is 9.71 Å². The maximum Gasteiger partial charge on any atom is 0.417 e. The first-order valence-electron chi connectivity index (χ1n) is 7.68. The molecule has 4 nitrogen and oxygen atoms in total. The van der Waals surface area contributed by atoms with E-state index in [-0.39, 0.29) is 5.69 Å². The van der Waals surface area contributed by atoms with Crippen molar-refractivity contribution in [2.75, 3.05) is 4.72 Å². The van der Waals surface area contributed by atoms with Crippen molar-refractivity contribution in [1.82, 2.24) is 4.98 Å². The van der Waals surface area contributed by atoms with Crippen LogP contribution in [0.25, 0.3) is 11.3 Å². The highest BCUT2D eigenvalue weighted by Crippen LogP contribution is 2.37. The van der Waals surface area contributed by atoms with E-state index in [0.717, 1.165) is 12.1 Å². The molecule has 0 saturated heterocycles. The van der Waals surface area contributed by atoms with Crippen molar-refractivity contribution in [3.05, 3.63) is 76.4 Å². The molecule has 0 fully saturated rings. The van der Waals surface area contributed by atoms with Crippen molar-refractivity contribution >= 4 is 38.9 Å². The monoisotopic (exact) mass is 446 g/mol. The van der Waals surface area contributed by atoms with Gasteiger partial charge in [-0.05, 0) is 48.5 Å². The van der Waals surface area contributed by atoms with Crippen molar-refractivity contribution in [2.24, 2.45) is 0 Å². The summed E-state index contributed by atoms with van der Waals surface area (Å²) in [5.41, 5.74) is -0.304. The van der Waals surface area contributed by atoms with Gasteiger partial charge in [0.05, 0.1) is 26.9 Å². The van der Waals surface area contributed by atoms with Gasteiger partial charge in [-0.2, -0.15) is 13.2 Å². The van der Waals surface area contributed by atoms with E-state index >= 15 is 0 Å². The van der Waals surface area contributed by atoms with Crippen LogP contribution in [0.2, 0.25) is 10.0 Å². The SMILES string of the molecule is O=S(=O)(Nc1ccc(Cl)cc1-c1ccccn1)c1ccc(Cl)c(C(F)(F)F)c1. The van der Waals surface area contributed by atoms with Crippen LogP contribution < -0.4 is 4.72 Å². The van der Waals surface area contributed by atoms with Crippen molar-refractivity contribution in [2.45, 2.75) is 11.1 Å². The van der Waals surface area contributed by atoms with Crippen LogP contribution in [0, 0.1) is 0 Å². The zero-order valence-electron chi connectivity index (χ0n) is 13.8. The van der Waals surface area contributed by atoms with Gasteiger partial charge in [0.2, 0.25) is 0 Å². The lowest BCUT2D eigenvalue weighted by Crippen LogP contribution is -2.15. The van der Waals surface area contributed by atoms with Crippen molar-refractivity contribution in [3.8, 4) is 11.3 Å². The molecule has 0 spiro atoms. The molecule has 0 atom stereocenters. The number of alkyl halides is 3. The normalized spacial score (nSPS) is 12.0. The Balaban J connectivity index is 2.05. The second kappa shape index (κ2) is 7.62. The summed E-state index contributed by atoms with van der Waals surface area (Å²) in [6.45, 7) is 0. The van der Waals surface area contributed by atoms with Crippen LogP contribution in [0.3, 0.4) is 0 Å². The Kier molecular flexibility index (Phi) is 5.56. The highest BCUT2D eigenvalue weighted by Gasteiger charge is 2.34. The number of sulfonamides is 1. The highest BCUT2D eigenvalue weighted by molar-refractivity contribution is 7.92. The van der Waals surface area contributed by atoms with Crippen LogP contribution in [0.4, 0.5) is 18.9 Å². The van der Waals surface area contributed by atoms with Gasteiger partial charge in [-0.15, -0.1) is 0 Å². The summed E-state index contributed by atoms with van der Waals surface area (Å²) in [4.78, 5) is 3.57. The first-order valence-corrected chi connectivity index (χ1v) is 9.92. The molecule has 28 heavy (non-hydrogen) atoms. The Bertz CT molecular complexity index is 1120. The fourth-order valence-electron chi connectivity index (χ4n) is 2.43. The molecular formula is C18H11Cl2F3N2O2S. The van der Waals surface area contributed by atoms with Crippen LogP contribution in [-0.4, -0.2) is 13.4 Å². The van der Waals surface area contributed by atoms with Crippen LogP contribution in [0.5, 0.6) is 0 Å². The molecular weight excluding hydrogens is 436 g/mol. The Morgan fingerprint density at radius 3 is 2.36 bits per heavy atom. The molecule has 3 aromatic rings. The van der Waals surface area contributed by atoms with E-state index in [9.17, 15) is 21.6 Å². The molecule has 146 valence electrons. The summed E-state index contributed by atoms with van der Waals surface area (Å²) in [6.07, 6.45) is -3.27. The second-order valence-corrected chi connectivity index (χ2v) is 8.18. The topological polar surface area (TPSA) is 59.1 Å². The maximum atomic E-state index is 13.1. The molecule has 0 bridgehead atoms.